The Labute approximate surface area is 178 Å². The van der Waals surface area contributed by atoms with Gasteiger partial charge in [-0.25, -0.2) is 0 Å². The molecule has 0 bridgehead atoms. The lowest BCUT2D eigenvalue weighted by Crippen LogP contribution is -2.39. The van der Waals surface area contributed by atoms with Crippen LogP contribution in [0.4, 0.5) is 5.69 Å². The van der Waals surface area contributed by atoms with Gasteiger partial charge in [0.05, 0.1) is 6.04 Å². The summed E-state index contributed by atoms with van der Waals surface area (Å²) in [5, 5.41) is 7.05. The minimum absolute atomic E-state index is 0.235. The zero-order chi connectivity index (χ0) is 20.5. The molecule has 1 aromatic carbocycles. The normalized spacial score (nSPS) is 20.1. The molecule has 162 valence electrons. The molecule has 2 aliphatic heterocycles. The Kier molecular flexibility index (Phi) is 8.66. The van der Waals surface area contributed by atoms with Crippen molar-refractivity contribution in [3.05, 3.63) is 29.8 Å². The molecule has 2 heterocycles. The molecule has 0 aliphatic carbocycles. The summed E-state index contributed by atoms with van der Waals surface area (Å²) >= 11 is 0. The third-order valence-electron chi connectivity index (χ3n) is 6.49. The molecule has 2 saturated heterocycles. The number of rotatable bonds is 8. The van der Waals surface area contributed by atoms with E-state index in [0.717, 1.165) is 18.4 Å². The van der Waals surface area contributed by atoms with E-state index < -0.39 is 0 Å². The lowest BCUT2D eigenvalue weighted by Gasteiger charge is -2.30. The first-order valence-corrected chi connectivity index (χ1v) is 11.7. The zero-order valence-electron chi connectivity index (χ0n) is 18.8. The van der Waals surface area contributed by atoms with Crippen molar-refractivity contribution >= 4 is 11.6 Å². The standard InChI is InChI=1S/C24H41N5/c1-20-11-17-28(18-12-20)14-5-4-13-26-24(25-3)27-21(2)22-9-8-10-23(19-22)29-15-6-7-16-29/h8-10,19-21H,4-7,11-18H2,1-3H3,(H2,25,26,27). The second-order valence-electron chi connectivity index (χ2n) is 8.89. The van der Waals surface area contributed by atoms with E-state index in [4.69, 9.17) is 0 Å². The molecule has 2 fully saturated rings. The van der Waals surface area contributed by atoms with E-state index in [1.54, 1.807) is 0 Å². The van der Waals surface area contributed by atoms with Crippen LogP contribution in [-0.4, -0.2) is 57.2 Å². The van der Waals surface area contributed by atoms with Gasteiger partial charge in [-0.3, -0.25) is 4.99 Å². The molecule has 3 rings (SSSR count). The molecular weight excluding hydrogens is 358 g/mol. The van der Waals surface area contributed by atoms with Crippen LogP contribution in [0.2, 0.25) is 0 Å². The molecule has 2 N–H and O–H groups in total. The van der Waals surface area contributed by atoms with Gasteiger partial charge in [0.1, 0.15) is 0 Å². The van der Waals surface area contributed by atoms with Crippen LogP contribution in [0.25, 0.3) is 0 Å². The smallest absolute Gasteiger partial charge is 0.191 e. The Morgan fingerprint density at radius 2 is 1.90 bits per heavy atom. The van der Waals surface area contributed by atoms with Gasteiger partial charge in [0.2, 0.25) is 0 Å². The number of hydrogen-bond donors (Lipinski definition) is 2. The Bertz CT molecular complexity index is 630. The van der Waals surface area contributed by atoms with Gasteiger partial charge >= 0.3 is 0 Å². The van der Waals surface area contributed by atoms with Gasteiger partial charge in [0.25, 0.3) is 0 Å². The van der Waals surface area contributed by atoms with Gasteiger partial charge in [-0.1, -0.05) is 19.1 Å². The molecule has 5 nitrogen and oxygen atoms in total. The van der Waals surface area contributed by atoms with E-state index in [2.05, 4.69) is 63.5 Å². The average Bonchev–Trinajstić information content (AvgIpc) is 3.29. The fraction of sp³-hybridized carbons (Fsp3) is 0.708. The Morgan fingerprint density at radius 1 is 1.14 bits per heavy atom. The number of hydrogen-bond acceptors (Lipinski definition) is 3. The second kappa shape index (κ2) is 11.4. The van der Waals surface area contributed by atoms with Crippen LogP contribution in [0.15, 0.2) is 29.3 Å². The molecule has 0 saturated carbocycles. The summed E-state index contributed by atoms with van der Waals surface area (Å²) < 4.78 is 0. The van der Waals surface area contributed by atoms with E-state index in [9.17, 15) is 0 Å². The van der Waals surface area contributed by atoms with Gasteiger partial charge < -0.3 is 20.4 Å². The Hall–Kier alpha value is -1.75. The molecule has 29 heavy (non-hydrogen) atoms. The monoisotopic (exact) mass is 399 g/mol. The van der Waals surface area contributed by atoms with Crippen LogP contribution in [0.1, 0.15) is 64.0 Å². The van der Waals surface area contributed by atoms with E-state index in [-0.39, 0.29) is 6.04 Å². The molecule has 0 radical (unpaired) electrons. The fourth-order valence-electron chi connectivity index (χ4n) is 4.40. The summed E-state index contributed by atoms with van der Waals surface area (Å²) in [4.78, 5) is 9.54. The van der Waals surface area contributed by atoms with E-state index in [1.807, 2.05) is 7.05 Å². The van der Waals surface area contributed by atoms with Crippen molar-refractivity contribution in [1.29, 1.82) is 0 Å². The summed E-state index contributed by atoms with van der Waals surface area (Å²) in [7, 11) is 1.86. The molecular formula is C24H41N5. The number of piperidine rings is 1. The lowest BCUT2D eigenvalue weighted by molar-refractivity contribution is 0.189. The number of guanidine groups is 1. The first-order valence-electron chi connectivity index (χ1n) is 11.7. The third kappa shape index (κ3) is 6.91. The molecule has 0 aromatic heterocycles. The van der Waals surface area contributed by atoms with E-state index in [0.29, 0.717) is 0 Å². The predicted molar refractivity (Wildman–Crippen MR) is 125 cm³/mol. The van der Waals surface area contributed by atoms with Crippen molar-refractivity contribution in [2.45, 2.75) is 58.4 Å². The SMILES string of the molecule is CN=C(NCCCCN1CCC(C)CC1)NC(C)c1cccc(N2CCCC2)c1. The van der Waals surface area contributed by atoms with Gasteiger partial charge in [-0.05, 0) is 88.7 Å². The summed E-state index contributed by atoms with van der Waals surface area (Å²) in [6, 6.07) is 9.19. The molecule has 5 heteroatoms. The van der Waals surface area contributed by atoms with Crippen LogP contribution < -0.4 is 15.5 Å². The van der Waals surface area contributed by atoms with Gasteiger partial charge in [0.15, 0.2) is 5.96 Å². The molecule has 1 unspecified atom stereocenters. The van der Waals surface area contributed by atoms with Crippen molar-refractivity contribution < 1.29 is 0 Å². The first-order chi connectivity index (χ1) is 14.2. The molecule has 0 spiro atoms. The number of unbranched alkanes of at least 4 members (excludes halogenated alkanes) is 1. The number of nitrogens with one attached hydrogen (secondary N) is 2. The maximum Gasteiger partial charge on any atom is 0.191 e. The molecule has 2 aliphatic rings. The molecule has 1 aromatic rings. The van der Waals surface area contributed by atoms with Crippen LogP contribution in [0.5, 0.6) is 0 Å². The summed E-state index contributed by atoms with van der Waals surface area (Å²) in [6.07, 6.45) is 7.80. The van der Waals surface area contributed by atoms with Crippen molar-refractivity contribution in [1.82, 2.24) is 15.5 Å². The highest BCUT2D eigenvalue weighted by molar-refractivity contribution is 5.80. The maximum atomic E-state index is 4.42. The Balaban J connectivity index is 1.37. The first kappa shape index (κ1) is 21.9. The Morgan fingerprint density at radius 3 is 2.62 bits per heavy atom. The molecule has 0 amide bonds. The van der Waals surface area contributed by atoms with E-state index >= 15 is 0 Å². The van der Waals surface area contributed by atoms with Crippen molar-refractivity contribution in [2.75, 3.05) is 51.2 Å². The second-order valence-corrected chi connectivity index (χ2v) is 8.89. The van der Waals surface area contributed by atoms with Gasteiger partial charge in [-0.2, -0.15) is 0 Å². The quantitative estimate of drug-likeness (QED) is 0.394. The zero-order valence-corrected chi connectivity index (χ0v) is 18.8. The summed E-state index contributed by atoms with van der Waals surface area (Å²) in [6.45, 7) is 11.7. The number of aliphatic imine (C=N–C) groups is 1. The maximum absolute atomic E-state index is 4.42. The van der Waals surface area contributed by atoms with Gasteiger partial charge in [0, 0.05) is 32.4 Å². The number of likely N-dealkylation sites (tertiary alicyclic amines) is 1. The summed E-state index contributed by atoms with van der Waals surface area (Å²) in [5.74, 6) is 1.82. The average molecular weight is 400 g/mol. The minimum Gasteiger partial charge on any atom is -0.372 e. The topological polar surface area (TPSA) is 42.9 Å². The third-order valence-corrected chi connectivity index (χ3v) is 6.49. The highest BCUT2D eigenvalue weighted by Crippen LogP contribution is 2.24. The van der Waals surface area contributed by atoms with Crippen molar-refractivity contribution in [3.8, 4) is 0 Å². The largest absolute Gasteiger partial charge is 0.372 e. The molecule has 1 atom stereocenters. The number of benzene rings is 1. The van der Waals surface area contributed by atoms with Crippen LogP contribution in [-0.2, 0) is 0 Å². The van der Waals surface area contributed by atoms with Crippen LogP contribution >= 0.6 is 0 Å². The highest BCUT2D eigenvalue weighted by atomic mass is 15.2. The minimum atomic E-state index is 0.235. The van der Waals surface area contributed by atoms with Crippen molar-refractivity contribution in [2.24, 2.45) is 10.9 Å². The van der Waals surface area contributed by atoms with Crippen LogP contribution in [0, 0.1) is 5.92 Å². The highest BCUT2D eigenvalue weighted by Gasteiger charge is 2.16. The predicted octanol–water partition coefficient (Wildman–Crippen LogP) is 4.02. The van der Waals surface area contributed by atoms with Crippen LogP contribution in [0.3, 0.4) is 0 Å². The van der Waals surface area contributed by atoms with Crippen molar-refractivity contribution in [3.63, 3.8) is 0 Å². The number of anilines is 1. The fourth-order valence-corrected chi connectivity index (χ4v) is 4.40. The van der Waals surface area contributed by atoms with Gasteiger partial charge in [-0.15, -0.1) is 0 Å². The number of nitrogens with zero attached hydrogens (tertiary/aromatic N) is 3. The van der Waals surface area contributed by atoms with E-state index in [1.165, 1.54) is 82.5 Å². The lowest BCUT2D eigenvalue weighted by atomic mass is 9.99. The summed E-state index contributed by atoms with van der Waals surface area (Å²) in [5.41, 5.74) is 2.67.